The van der Waals surface area contributed by atoms with Crippen molar-refractivity contribution in [3.05, 3.63) is 72.1 Å². The number of nitrogens with zero attached hydrogens (tertiary/aromatic N) is 3. The molecule has 3 rings (SSSR count). The molecule has 0 radical (unpaired) electrons. The van der Waals surface area contributed by atoms with Gasteiger partial charge in [-0.25, -0.2) is 4.98 Å². The fourth-order valence-corrected chi connectivity index (χ4v) is 2.74. The van der Waals surface area contributed by atoms with Crippen molar-refractivity contribution in [1.82, 2.24) is 20.2 Å². The van der Waals surface area contributed by atoms with Gasteiger partial charge in [0.2, 0.25) is 0 Å². The maximum atomic E-state index is 12.4. The molecule has 2 aromatic carbocycles. The average Bonchev–Trinajstić information content (AvgIpc) is 2.73. The normalized spacial score (nSPS) is 10.9. The van der Waals surface area contributed by atoms with Gasteiger partial charge in [-0.15, -0.1) is 0 Å². The van der Waals surface area contributed by atoms with E-state index in [2.05, 4.69) is 10.3 Å². The molecule has 6 nitrogen and oxygen atoms in total. The number of aromatic nitrogens is 2. The van der Waals surface area contributed by atoms with Crippen molar-refractivity contribution in [2.24, 2.45) is 0 Å². The number of benzene rings is 2. The highest BCUT2D eigenvalue weighted by atomic mass is 16.3. The van der Waals surface area contributed by atoms with Crippen LogP contribution in [0.1, 0.15) is 15.9 Å². The molecule has 144 valence electrons. The number of carbonyl (C=O) groups excluding carboxylic acids is 1. The number of nitrogens with one attached hydrogen (secondary N) is 1. The Bertz CT molecular complexity index is 939. The van der Waals surface area contributed by atoms with Crippen LogP contribution in [0.25, 0.3) is 22.5 Å². The molecule has 0 unspecified atom stereocenters. The molecule has 3 aromatic rings. The van der Waals surface area contributed by atoms with Gasteiger partial charge in [0.05, 0.1) is 30.4 Å². The van der Waals surface area contributed by atoms with Gasteiger partial charge >= 0.3 is 0 Å². The third-order valence-electron chi connectivity index (χ3n) is 4.33. The van der Waals surface area contributed by atoms with Crippen LogP contribution in [0.4, 0.5) is 0 Å². The van der Waals surface area contributed by atoms with Crippen molar-refractivity contribution in [3.63, 3.8) is 0 Å². The number of likely N-dealkylation sites (N-methyl/N-ethyl adjacent to an activating group) is 1. The van der Waals surface area contributed by atoms with Crippen LogP contribution in [0.2, 0.25) is 0 Å². The Balaban J connectivity index is 1.81. The predicted octanol–water partition coefficient (Wildman–Crippen LogP) is 2.59. The first-order valence-electron chi connectivity index (χ1n) is 9.12. The Hall–Kier alpha value is -3.09. The van der Waals surface area contributed by atoms with E-state index in [0.717, 1.165) is 28.9 Å². The van der Waals surface area contributed by atoms with E-state index < -0.39 is 0 Å². The maximum Gasteiger partial charge on any atom is 0.251 e. The molecular formula is C22H24N4O2. The van der Waals surface area contributed by atoms with Gasteiger partial charge in [0, 0.05) is 29.8 Å². The molecule has 6 heteroatoms. The summed E-state index contributed by atoms with van der Waals surface area (Å²) >= 11 is 0. The predicted molar refractivity (Wildman–Crippen MR) is 110 cm³/mol. The minimum Gasteiger partial charge on any atom is -0.392 e. The second kappa shape index (κ2) is 9.21. The van der Waals surface area contributed by atoms with E-state index in [9.17, 15) is 9.90 Å². The van der Waals surface area contributed by atoms with E-state index in [-0.39, 0.29) is 12.5 Å². The lowest BCUT2D eigenvalue weighted by Crippen LogP contribution is -2.31. The van der Waals surface area contributed by atoms with Crippen molar-refractivity contribution < 1.29 is 9.90 Å². The Kier molecular flexibility index (Phi) is 6.47. The molecule has 0 spiro atoms. The van der Waals surface area contributed by atoms with Gasteiger partial charge in [-0.3, -0.25) is 9.78 Å². The van der Waals surface area contributed by atoms with Gasteiger partial charge in [0.1, 0.15) is 0 Å². The molecule has 1 aromatic heterocycles. The monoisotopic (exact) mass is 376 g/mol. The molecular weight excluding hydrogens is 352 g/mol. The van der Waals surface area contributed by atoms with Gasteiger partial charge in [-0.05, 0) is 31.8 Å². The summed E-state index contributed by atoms with van der Waals surface area (Å²) in [7, 11) is 3.94. The summed E-state index contributed by atoms with van der Waals surface area (Å²) in [6.45, 7) is 1.39. The molecule has 0 atom stereocenters. The molecule has 0 aliphatic carbocycles. The van der Waals surface area contributed by atoms with E-state index in [0.29, 0.717) is 17.8 Å². The Morgan fingerprint density at radius 2 is 1.75 bits per heavy atom. The van der Waals surface area contributed by atoms with E-state index >= 15 is 0 Å². The third-order valence-corrected chi connectivity index (χ3v) is 4.33. The van der Waals surface area contributed by atoms with Crippen LogP contribution in [0.3, 0.4) is 0 Å². The molecule has 0 aliphatic heterocycles. The smallest absolute Gasteiger partial charge is 0.251 e. The first-order chi connectivity index (χ1) is 13.6. The second-order valence-electron chi connectivity index (χ2n) is 6.78. The van der Waals surface area contributed by atoms with Crippen molar-refractivity contribution in [3.8, 4) is 22.5 Å². The number of carbonyl (C=O) groups is 1. The Labute approximate surface area is 164 Å². The van der Waals surface area contributed by atoms with E-state index in [1.54, 1.807) is 18.5 Å². The number of rotatable bonds is 7. The van der Waals surface area contributed by atoms with Crippen LogP contribution in [0, 0.1) is 0 Å². The highest BCUT2D eigenvalue weighted by molar-refractivity contribution is 5.95. The van der Waals surface area contributed by atoms with Crippen LogP contribution in [-0.4, -0.2) is 53.1 Å². The minimum absolute atomic E-state index is 0.00932. The van der Waals surface area contributed by atoms with Gasteiger partial charge in [-0.2, -0.15) is 0 Å². The average molecular weight is 376 g/mol. The fraction of sp³-hybridized carbons (Fsp3) is 0.227. The van der Waals surface area contributed by atoms with Crippen LogP contribution in [0.5, 0.6) is 0 Å². The fourth-order valence-electron chi connectivity index (χ4n) is 2.74. The molecule has 1 amide bonds. The maximum absolute atomic E-state index is 12.4. The molecule has 0 fully saturated rings. The second-order valence-corrected chi connectivity index (χ2v) is 6.78. The molecule has 1 heterocycles. The Morgan fingerprint density at radius 3 is 2.43 bits per heavy atom. The summed E-state index contributed by atoms with van der Waals surface area (Å²) in [6, 6.07) is 14.9. The van der Waals surface area contributed by atoms with Crippen molar-refractivity contribution in [1.29, 1.82) is 0 Å². The van der Waals surface area contributed by atoms with Gasteiger partial charge < -0.3 is 15.3 Å². The minimum atomic E-state index is -0.104. The number of aliphatic hydroxyl groups is 1. The van der Waals surface area contributed by atoms with Gasteiger partial charge in [-0.1, -0.05) is 36.4 Å². The lowest BCUT2D eigenvalue weighted by molar-refractivity contribution is 0.0951. The lowest BCUT2D eigenvalue weighted by Gasteiger charge is -2.11. The van der Waals surface area contributed by atoms with Crippen molar-refractivity contribution >= 4 is 5.91 Å². The summed E-state index contributed by atoms with van der Waals surface area (Å²) in [4.78, 5) is 23.4. The number of hydrogen-bond acceptors (Lipinski definition) is 5. The van der Waals surface area contributed by atoms with Gasteiger partial charge in [0.15, 0.2) is 0 Å². The van der Waals surface area contributed by atoms with Crippen molar-refractivity contribution in [2.75, 3.05) is 27.2 Å². The molecule has 0 aliphatic rings. The van der Waals surface area contributed by atoms with Crippen LogP contribution >= 0.6 is 0 Å². The van der Waals surface area contributed by atoms with Crippen molar-refractivity contribution in [2.45, 2.75) is 6.61 Å². The van der Waals surface area contributed by atoms with Gasteiger partial charge in [0.25, 0.3) is 5.91 Å². The molecule has 0 saturated heterocycles. The van der Waals surface area contributed by atoms with Crippen LogP contribution in [0.15, 0.2) is 60.9 Å². The molecule has 2 N–H and O–H groups in total. The summed E-state index contributed by atoms with van der Waals surface area (Å²) in [5.41, 5.74) is 4.64. The summed E-state index contributed by atoms with van der Waals surface area (Å²) in [6.07, 6.45) is 3.39. The quantitative estimate of drug-likeness (QED) is 0.663. The third kappa shape index (κ3) is 5.00. The molecule has 0 saturated carbocycles. The van der Waals surface area contributed by atoms with E-state index in [1.807, 2.05) is 61.5 Å². The van der Waals surface area contributed by atoms with E-state index in [4.69, 9.17) is 4.98 Å². The zero-order chi connectivity index (χ0) is 19.9. The number of amides is 1. The molecule has 28 heavy (non-hydrogen) atoms. The summed E-state index contributed by atoms with van der Waals surface area (Å²) < 4.78 is 0. The zero-order valence-electron chi connectivity index (χ0n) is 16.1. The number of hydrogen-bond donors (Lipinski definition) is 2. The van der Waals surface area contributed by atoms with E-state index in [1.165, 1.54) is 0 Å². The first kappa shape index (κ1) is 19.7. The SMILES string of the molecule is CN(C)CCNC(=O)c1cccc(-c2cncc(-c3ccc(CO)cc3)n2)c1. The lowest BCUT2D eigenvalue weighted by atomic mass is 10.1. The first-order valence-corrected chi connectivity index (χ1v) is 9.12. The topological polar surface area (TPSA) is 78.4 Å². The highest BCUT2D eigenvalue weighted by Gasteiger charge is 2.09. The summed E-state index contributed by atoms with van der Waals surface area (Å²) in [5.74, 6) is -0.104. The molecule has 0 bridgehead atoms. The highest BCUT2D eigenvalue weighted by Crippen LogP contribution is 2.22. The zero-order valence-corrected chi connectivity index (χ0v) is 16.1. The number of aliphatic hydroxyl groups excluding tert-OH is 1. The largest absolute Gasteiger partial charge is 0.392 e. The standard InChI is InChI=1S/C22H24N4O2/c1-26(2)11-10-24-22(28)19-5-3-4-18(12-19)21-14-23-13-20(25-21)17-8-6-16(15-27)7-9-17/h3-9,12-14,27H,10-11,15H2,1-2H3,(H,24,28). The summed E-state index contributed by atoms with van der Waals surface area (Å²) in [5, 5.41) is 12.1. The van der Waals surface area contributed by atoms with Crippen LogP contribution < -0.4 is 5.32 Å². The van der Waals surface area contributed by atoms with Crippen LogP contribution in [-0.2, 0) is 6.61 Å². The Morgan fingerprint density at radius 1 is 1.04 bits per heavy atom.